The predicted octanol–water partition coefficient (Wildman–Crippen LogP) is 2.12. The zero-order chi connectivity index (χ0) is 18.0. The van der Waals surface area contributed by atoms with Gasteiger partial charge in [-0.2, -0.15) is 0 Å². The molecule has 12 nitrogen and oxygen atoms in total. The van der Waals surface area contributed by atoms with E-state index in [4.69, 9.17) is 4.74 Å². The van der Waals surface area contributed by atoms with E-state index in [9.17, 15) is 35.0 Å². The van der Waals surface area contributed by atoms with Crippen LogP contribution in [0.4, 0.5) is 17.1 Å². The highest BCUT2D eigenvalue weighted by molar-refractivity contribution is 6.02. The maximum atomic E-state index is 11.6. The zero-order valence-corrected chi connectivity index (χ0v) is 12.2. The maximum absolute atomic E-state index is 11.6. The normalized spacial score (nSPS) is 10.5. The van der Waals surface area contributed by atoms with Crippen molar-refractivity contribution in [2.45, 2.75) is 13.5 Å². The molecular weight excluding hydrogens is 328 g/mol. The minimum absolute atomic E-state index is 0.0329. The number of esters is 1. The number of carbonyl (C=O) groups excluding carboxylic acids is 1. The second-order valence-corrected chi connectivity index (χ2v) is 4.53. The van der Waals surface area contributed by atoms with Crippen LogP contribution in [0.1, 0.15) is 6.92 Å². The van der Waals surface area contributed by atoms with Crippen molar-refractivity contribution in [3.63, 3.8) is 0 Å². The Kier molecular flexibility index (Phi) is 4.39. The molecule has 126 valence electrons. The number of non-ortho nitro benzene ring substituents is 2. The second-order valence-electron chi connectivity index (χ2n) is 4.53. The van der Waals surface area contributed by atoms with Gasteiger partial charge in [-0.05, 0) is 12.1 Å². The summed E-state index contributed by atoms with van der Waals surface area (Å²) in [7, 11) is 0. The smallest absolute Gasteiger partial charge is 0.326 e. The van der Waals surface area contributed by atoms with Gasteiger partial charge < -0.3 is 9.84 Å². The van der Waals surface area contributed by atoms with Crippen molar-refractivity contribution in [1.29, 1.82) is 0 Å². The zero-order valence-electron chi connectivity index (χ0n) is 12.2. The molecule has 0 bridgehead atoms. The van der Waals surface area contributed by atoms with Crippen molar-refractivity contribution in [2.75, 3.05) is 6.61 Å². The summed E-state index contributed by atoms with van der Waals surface area (Å²) < 4.78 is 5.45. The number of aromatic hydroxyl groups is 1. The molecule has 0 spiro atoms. The largest absolute Gasteiger partial charge is 0.493 e. The van der Waals surface area contributed by atoms with E-state index in [-0.39, 0.29) is 17.5 Å². The summed E-state index contributed by atoms with van der Waals surface area (Å²) in [6.45, 7) is 0.936. The number of nitro groups is 2. The molecule has 0 radical (unpaired) electrons. The molecule has 12 heteroatoms. The van der Waals surface area contributed by atoms with Crippen molar-refractivity contribution in [1.82, 2.24) is 4.57 Å². The number of hydrogen-bond acceptors (Lipinski definition) is 9. The number of aromatic nitrogens is 1. The van der Waals surface area contributed by atoms with Crippen molar-refractivity contribution < 1.29 is 24.5 Å². The molecule has 0 saturated heterocycles. The summed E-state index contributed by atoms with van der Waals surface area (Å²) >= 11 is 0. The van der Waals surface area contributed by atoms with Crippen LogP contribution in [0.3, 0.4) is 0 Å². The predicted molar refractivity (Wildman–Crippen MR) is 79.0 cm³/mol. The molecule has 0 saturated carbocycles. The maximum Gasteiger partial charge on any atom is 0.326 e. The first-order valence-electron chi connectivity index (χ1n) is 6.48. The molecule has 24 heavy (non-hydrogen) atoms. The Morgan fingerprint density at radius 2 is 2.00 bits per heavy atom. The lowest BCUT2D eigenvalue weighted by Crippen LogP contribution is -2.13. The Hall–Kier alpha value is -3.57. The molecule has 1 aromatic heterocycles. The first-order valence-corrected chi connectivity index (χ1v) is 6.48. The number of hydrogen-bond donors (Lipinski definition) is 1. The molecule has 2 rings (SSSR count). The molecule has 0 aliphatic heterocycles. The van der Waals surface area contributed by atoms with E-state index >= 15 is 0 Å². The van der Waals surface area contributed by atoms with Crippen LogP contribution in [0.2, 0.25) is 0 Å². The van der Waals surface area contributed by atoms with Gasteiger partial charge in [0, 0.05) is 11.5 Å². The van der Waals surface area contributed by atoms with Gasteiger partial charge in [-0.3, -0.25) is 29.6 Å². The Morgan fingerprint density at radius 3 is 2.50 bits per heavy atom. The Labute approximate surface area is 132 Å². The van der Waals surface area contributed by atoms with Crippen LogP contribution in [-0.4, -0.2) is 32.1 Å². The lowest BCUT2D eigenvalue weighted by Gasteiger charge is -2.06. The highest BCUT2D eigenvalue weighted by atomic mass is 16.6. The number of carbonyl (C=O) groups is 1. The third kappa shape index (κ3) is 2.71. The van der Waals surface area contributed by atoms with Gasteiger partial charge in [0.15, 0.2) is 5.69 Å². The van der Waals surface area contributed by atoms with Gasteiger partial charge in [-0.15, -0.1) is 4.91 Å². The van der Waals surface area contributed by atoms with Crippen molar-refractivity contribution in [3.05, 3.63) is 37.3 Å². The van der Waals surface area contributed by atoms with Gasteiger partial charge in [0.1, 0.15) is 12.1 Å². The van der Waals surface area contributed by atoms with Gasteiger partial charge in [0.05, 0.1) is 22.5 Å². The van der Waals surface area contributed by atoms with Crippen molar-refractivity contribution in [2.24, 2.45) is 5.18 Å². The summed E-state index contributed by atoms with van der Waals surface area (Å²) in [6, 6.07) is 1.53. The SMILES string of the molecule is CCOC(=O)Cn1c(O)c(N=O)c2cc([N+](=O)[O-])cc([N+](=O)[O-])c21. The molecule has 1 aromatic carbocycles. The standard InChI is InChI=1S/C12H10N4O8/c1-2-24-9(17)5-14-11-7(10(13-19)12(14)18)3-6(15(20)21)4-8(11)16(22)23/h3-4,18H,2,5H2,1H3. The van der Waals surface area contributed by atoms with Crippen LogP contribution in [0.15, 0.2) is 17.3 Å². The number of fused-ring (bicyclic) bond motifs is 1. The van der Waals surface area contributed by atoms with E-state index in [1.807, 2.05) is 0 Å². The third-order valence-corrected chi connectivity index (χ3v) is 3.16. The topological polar surface area (TPSA) is 167 Å². The monoisotopic (exact) mass is 338 g/mol. The molecule has 0 amide bonds. The summed E-state index contributed by atoms with van der Waals surface area (Å²) in [5.74, 6) is -1.65. The highest BCUT2D eigenvalue weighted by Gasteiger charge is 2.29. The van der Waals surface area contributed by atoms with E-state index in [1.54, 1.807) is 0 Å². The van der Waals surface area contributed by atoms with Crippen LogP contribution < -0.4 is 0 Å². The van der Waals surface area contributed by atoms with Crippen molar-refractivity contribution in [3.8, 4) is 5.88 Å². The molecule has 0 atom stereocenters. The number of nitro benzene ring substituents is 2. The fourth-order valence-electron chi connectivity index (χ4n) is 2.25. The summed E-state index contributed by atoms with van der Waals surface area (Å²) in [4.78, 5) is 42.9. The summed E-state index contributed by atoms with van der Waals surface area (Å²) in [5.41, 5.74) is -2.40. The van der Waals surface area contributed by atoms with Crippen LogP contribution in [0.25, 0.3) is 10.9 Å². The number of nitroso groups, excluding NO2 is 1. The van der Waals surface area contributed by atoms with Crippen LogP contribution in [0, 0.1) is 25.1 Å². The molecule has 1 N–H and O–H groups in total. The highest BCUT2D eigenvalue weighted by Crippen LogP contribution is 2.44. The molecular formula is C12H10N4O8. The molecule has 0 aliphatic rings. The van der Waals surface area contributed by atoms with Crippen LogP contribution in [-0.2, 0) is 16.1 Å². The van der Waals surface area contributed by atoms with Gasteiger partial charge >= 0.3 is 11.7 Å². The fraction of sp³-hybridized carbons (Fsp3) is 0.250. The molecule has 0 fully saturated rings. The number of nitrogens with zero attached hydrogens (tertiary/aromatic N) is 4. The number of benzene rings is 1. The fourth-order valence-corrected chi connectivity index (χ4v) is 2.25. The minimum atomic E-state index is -0.926. The Balaban J connectivity index is 2.85. The van der Waals surface area contributed by atoms with E-state index in [1.165, 1.54) is 6.92 Å². The first kappa shape index (κ1) is 16.8. The van der Waals surface area contributed by atoms with E-state index < -0.39 is 45.3 Å². The lowest BCUT2D eigenvalue weighted by molar-refractivity contribution is -0.393. The molecule has 2 aromatic rings. The third-order valence-electron chi connectivity index (χ3n) is 3.16. The van der Waals surface area contributed by atoms with Gasteiger partial charge in [-0.1, -0.05) is 0 Å². The Bertz CT molecular complexity index is 872. The first-order chi connectivity index (χ1) is 11.3. The number of rotatable bonds is 6. The summed E-state index contributed by atoms with van der Waals surface area (Å²) in [6.07, 6.45) is 0. The van der Waals surface area contributed by atoms with E-state index in [0.717, 1.165) is 10.6 Å². The Morgan fingerprint density at radius 1 is 1.33 bits per heavy atom. The molecule has 1 heterocycles. The number of ether oxygens (including phenoxy) is 1. The molecule has 0 unspecified atom stereocenters. The van der Waals surface area contributed by atoms with Gasteiger partial charge in [0.25, 0.3) is 5.69 Å². The van der Waals surface area contributed by atoms with Gasteiger partial charge in [-0.25, -0.2) is 0 Å². The average molecular weight is 338 g/mol. The van der Waals surface area contributed by atoms with Gasteiger partial charge in [0.2, 0.25) is 5.88 Å². The van der Waals surface area contributed by atoms with Crippen LogP contribution >= 0.6 is 0 Å². The average Bonchev–Trinajstić information content (AvgIpc) is 2.78. The minimum Gasteiger partial charge on any atom is -0.493 e. The van der Waals surface area contributed by atoms with E-state index in [0.29, 0.717) is 6.07 Å². The lowest BCUT2D eigenvalue weighted by atomic mass is 10.2. The van der Waals surface area contributed by atoms with E-state index in [2.05, 4.69) is 5.18 Å². The van der Waals surface area contributed by atoms with Crippen molar-refractivity contribution >= 4 is 33.9 Å². The summed E-state index contributed by atoms with van der Waals surface area (Å²) in [5, 5.41) is 34.4. The molecule has 0 aliphatic carbocycles. The van der Waals surface area contributed by atoms with Crippen LogP contribution in [0.5, 0.6) is 5.88 Å². The second kappa shape index (κ2) is 6.28. The quantitative estimate of drug-likeness (QED) is 0.361.